The van der Waals surface area contributed by atoms with E-state index < -0.39 is 16.4 Å². The average Bonchev–Trinajstić information content (AvgIpc) is 2.43. The predicted octanol–water partition coefficient (Wildman–Crippen LogP) is 0.491. The molecule has 16 heavy (non-hydrogen) atoms. The predicted molar refractivity (Wildman–Crippen MR) is 56.5 cm³/mol. The van der Waals surface area contributed by atoms with Crippen molar-refractivity contribution < 1.29 is 10.0 Å². The lowest BCUT2D eigenvalue weighted by Crippen LogP contribution is -2.19. The molecule has 0 atom stereocenters. The van der Waals surface area contributed by atoms with Crippen LogP contribution in [0.1, 0.15) is 0 Å². The first-order chi connectivity index (χ1) is 7.43. The number of aryl methyl sites for hydroxylation is 2. The SMILES string of the molecule is Cn1c(=O)n(C)c2cc([N+](=O)[O-])c(O)cc21. The lowest BCUT2D eigenvalue weighted by atomic mass is 10.2. The van der Waals surface area contributed by atoms with E-state index in [1.807, 2.05) is 0 Å². The third-order valence-electron chi connectivity index (χ3n) is 2.57. The Balaban J connectivity index is 2.96. The summed E-state index contributed by atoms with van der Waals surface area (Å²) in [5.41, 5.74) is 0.163. The van der Waals surface area contributed by atoms with Gasteiger partial charge in [0.1, 0.15) is 0 Å². The fourth-order valence-corrected chi connectivity index (χ4v) is 1.67. The minimum atomic E-state index is -0.688. The highest BCUT2D eigenvalue weighted by molar-refractivity contribution is 5.81. The summed E-state index contributed by atoms with van der Waals surface area (Å²) in [5, 5.41) is 20.1. The molecule has 2 aromatic rings. The van der Waals surface area contributed by atoms with E-state index in [0.717, 1.165) is 0 Å². The van der Waals surface area contributed by atoms with Crippen LogP contribution in [-0.2, 0) is 14.1 Å². The van der Waals surface area contributed by atoms with Gasteiger partial charge in [0.15, 0.2) is 5.75 Å². The van der Waals surface area contributed by atoms with Gasteiger partial charge < -0.3 is 5.11 Å². The second-order valence-electron chi connectivity index (χ2n) is 3.49. The lowest BCUT2D eigenvalue weighted by Gasteiger charge is -1.98. The molecule has 7 heteroatoms. The van der Waals surface area contributed by atoms with Gasteiger partial charge in [-0.3, -0.25) is 19.2 Å². The Labute approximate surface area is 89.3 Å². The number of aromatic nitrogens is 2. The van der Waals surface area contributed by atoms with Gasteiger partial charge in [-0.05, 0) is 0 Å². The van der Waals surface area contributed by atoms with Crippen molar-refractivity contribution in [3.63, 3.8) is 0 Å². The van der Waals surface area contributed by atoms with Gasteiger partial charge in [0.25, 0.3) is 0 Å². The van der Waals surface area contributed by atoms with Crippen LogP contribution in [-0.4, -0.2) is 19.2 Å². The molecule has 0 bridgehead atoms. The van der Waals surface area contributed by atoms with Gasteiger partial charge in [0.05, 0.1) is 16.0 Å². The first-order valence-corrected chi connectivity index (χ1v) is 4.46. The molecule has 1 aromatic heterocycles. The molecule has 0 radical (unpaired) electrons. The molecule has 0 saturated carbocycles. The van der Waals surface area contributed by atoms with Crippen molar-refractivity contribution in [2.24, 2.45) is 14.1 Å². The molecule has 0 spiro atoms. The normalized spacial score (nSPS) is 10.9. The van der Waals surface area contributed by atoms with Gasteiger partial charge in [-0.1, -0.05) is 0 Å². The topological polar surface area (TPSA) is 90.3 Å². The summed E-state index contributed by atoms with van der Waals surface area (Å²) < 4.78 is 2.61. The molecule has 7 nitrogen and oxygen atoms in total. The molecule has 1 aromatic carbocycles. The highest BCUT2D eigenvalue weighted by Crippen LogP contribution is 2.29. The van der Waals surface area contributed by atoms with Crippen LogP contribution in [0.25, 0.3) is 11.0 Å². The highest BCUT2D eigenvalue weighted by Gasteiger charge is 2.18. The molecule has 0 amide bonds. The van der Waals surface area contributed by atoms with Gasteiger partial charge in [-0.25, -0.2) is 4.79 Å². The maximum absolute atomic E-state index is 11.6. The Bertz CT molecular complexity index is 653. The quantitative estimate of drug-likeness (QED) is 0.562. The van der Waals surface area contributed by atoms with Gasteiger partial charge in [-0.15, -0.1) is 0 Å². The molecule has 0 aliphatic carbocycles. The van der Waals surface area contributed by atoms with Crippen molar-refractivity contribution >= 4 is 16.7 Å². The number of nitrogens with zero attached hydrogens (tertiary/aromatic N) is 3. The number of phenols is 1. The zero-order valence-electron chi connectivity index (χ0n) is 8.67. The van der Waals surface area contributed by atoms with Crippen LogP contribution in [0.4, 0.5) is 5.69 Å². The van der Waals surface area contributed by atoms with Crippen LogP contribution in [0.2, 0.25) is 0 Å². The summed E-state index contributed by atoms with van der Waals surface area (Å²) in [4.78, 5) is 21.5. The number of rotatable bonds is 1. The lowest BCUT2D eigenvalue weighted by molar-refractivity contribution is -0.385. The van der Waals surface area contributed by atoms with E-state index in [2.05, 4.69) is 0 Å². The van der Waals surface area contributed by atoms with Crippen LogP contribution >= 0.6 is 0 Å². The molecule has 0 fully saturated rings. The Kier molecular flexibility index (Phi) is 1.97. The summed E-state index contributed by atoms with van der Waals surface area (Å²) in [5.74, 6) is -0.446. The number of imidazole rings is 1. The molecule has 0 unspecified atom stereocenters. The number of benzene rings is 1. The highest BCUT2D eigenvalue weighted by atomic mass is 16.6. The summed E-state index contributed by atoms with van der Waals surface area (Å²) in [7, 11) is 3.06. The van der Waals surface area contributed by atoms with E-state index in [0.29, 0.717) is 11.0 Å². The maximum atomic E-state index is 11.6. The van der Waals surface area contributed by atoms with Crippen molar-refractivity contribution in [1.82, 2.24) is 9.13 Å². The van der Waals surface area contributed by atoms with E-state index in [-0.39, 0.29) is 5.69 Å². The fraction of sp³-hybridized carbons (Fsp3) is 0.222. The number of fused-ring (bicyclic) bond motifs is 1. The molecule has 0 aliphatic heterocycles. The largest absolute Gasteiger partial charge is 0.502 e. The Morgan fingerprint density at radius 3 is 2.25 bits per heavy atom. The monoisotopic (exact) mass is 223 g/mol. The molecule has 84 valence electrons. The van der Waals surface area contributed by atoms with Crippen LogP contribution in [0.3, 0.4) is 0 Å². The zero-order valence-corrected chi connectivity index (χ0v) is 8.67. The average molecular weight is 223 g/mol. The van der Waals surface area contributed by atoms with E-state index in [9.17, 15) is 20.0 Å². The standard InChI is InChI=1S/C9H9N3O4/c1-10-5-3-7(12(15)16)8(13)4-6(5)11(2)9(10)14/h3-4,13H,1-2H3. The van der Waals surface area contributed by atoms with Gasteiger partial charge in [-0.2, -0.15) is 0 Å². The first-order valence-electron chi connectivity index (χ1n) is 4.46. The number of aromatic hydroxyl groups is 1. The van der Waals surface area contributed by atoms with Gasteiger partial charge >= 0.3 is 11.4 Å². The Hall–Kier alpha value is -2.31. The second kappa shape index (κ2) is 3.09. The van der Waals surface area contributed by atoms with Crippen LogP contribution in [0, 0.1) is 10.1 Å². The van der Waals surface area contributed by atoms with E-state index in [4.69, 9.17) is 0 Å². The minimum absolute atomic E-state index is 0.296. The van der Waals surface area contributed by atoms with Crippen molar-refractivity contribution in [3.8, 4) is 5.75 Å². The second-order valence-corrected chi connectivity index (χ2v) is 3.49. The summed E-state index contributed by atoms with van der Waals surface area (Å²) in [6.07, 6.45) is 0. The molecule has 0 saturated heterocycles. The molecule has 1 heterocycles. The molecular weight excluding hydrogens is 214 g/mol. The number of nitro groups is 1. The van der Waals surface area contributed by atoms with Gasteiger partial charge in [0, 0.05) is 26.2 Å². The third-order valence-corrected chi connectivity index (χ3v) is 2.57. The van der Waals surface area contributed by atoms with Crippen LogP contribution in [0.5, 0.6) is 5.75 Å². The molecule has 1 N–H and O–H groups in total. The molecule has 0 aliphatic rings. The van der Waals surface area contributed by atoms with Crippen molar-refractivity contribution in [2.45, 2.75) is 0 Å². The minimum Gasteiger partial charge on any atom is -0.502 e. The maximum Gasteiger partial charge on any atom is 0.328 e. The number of hydrogen-bond donors (Lipinski definition) is 1. The smallest absolute Gasteiger partial charge is 0.328 e. The molecular formula is C9H9N3O4. The van der Waals surface area contributed by atoms with Crippen molar-refractivity contribution in [3.05, 3.63) is 32.7 Å². The fourth-order valence-electron chi connectivity index (χ4n) is 1.67. The number of hydrogen-bond acceptors (Lipinski definition) is 4. The summed E-state index contributed by atoms with van der Waals surface area (Å²) in [6.45, 7) is 0. The van der Waals surface area contributed by atoms with Crippen molar-refractivity contribution in [1.29, 1.82) is 0 Å². The van der Waals surface area contributed by atoms with Crippen LogP contribution < -0.4 is 5.69 Å². The Morgan fingerprint density at radius 2 is 1.75 bits per heavy atom. The van der Waals surface area contributed by atoms with E-state index in [1.165, 1.54) is 35.4 Å². The number of phenolic OH excluding ortho intramolecular Hbond substituents is 1. The molecule has 2 rings (SSSR count). The van der Waals surface area contributed by atoms with Crippen molar-refractivity contribution in [2.75, 3.05) is 0 Å². The summed E-state index contributed by atoms with van der Waals surface area (Å²) in [6, 6.07) is 2.40. The number of nitro benzene ring substituents is 1. The Morgan fingerprint density at radius 1 is 1.25 bits per heavy atom. The zero-order chi connectivity index (χ0) is 12.0. The third kappa shape index (κ3) is 1.18. The van der Waals surface area contributed by atoms with Crippen LogP contribution in [0.15, 0.2) is 16.9 Å². The van der Waals surface area contributed by atoms with E-state index >= 15 is 0 Å². The summed E-state index contributed by atoms with van der Waals surface area (Å²) >= 11 is 0. The van der Waals surface area contributed by atoms with Gasteiger partial charge in [0.2, 0.25) is 0 Å². The first kappa shape index (κ1) is 10.2. The van der Waals surface area contributed by atoms with E-state index in [1.54, 1.807) is 0 Å².